The second-order valence-electron chi connectivity index (χ2n) is 6.89. The molecule has 5 nitrogen and oxygen atoms in total. The summed E-state index contributed by atoms with van der Waals surface area (Å²) in [7, 11) is 0. The average molecular weight is 376 g/mol. The van der Waals surface area contributed by atoms with Crippen molar-refractivity contribution in [1.29, 1.82) is 0 Å². The number of aromatic nitrogens is 1. The van der Waals surface area contributed by atoms with Crippen molar-refractivity contribution >= 4 is 11.7 Å². The molecule has 0 fully saturated rings. The number of hydrogen-bond donors (Lipinski definition) is 2. The van der Waals surface area contributed by atoms with Crippen molar-refractivity contribution in [1.82, 2.24) is 4.57 Å². The molecule has 0 spiro atoms. The van der Waals surface area contributed by atoms with Crippen LogP contribution in [0.5, 0.6) is 0 Å². The van der Waals surface area contributed by atoms with Crippen molar-refractivity contribution in [3.8, 4) is 11.1 Å². The molecule has 1 heterocycles. The van der Waals surface area contributed by atoms with Crippen LogP contribution in [0.15, 0.2) is 71.7 Å². The van der Waals surface area contributed by atoms with Gasteiger partial charge in [0.1, 0.15) is 0 Å². The van der Waals surface area contributed by atoms with Crippen LogP contribution in [0, 0.1) is 0 Å². The Hall–Kier alpha value is -3.34. The highest BCUT2D eigenvalue weighted by molar-refractivity contribution is 5.66. The summed E-state index contributed by atoms with van der Waals surface area (Å²) in [6.45, 7) is 0.501. The predicted octanol–water partition coefficient (Wildman–Crippen LogP) is 3.94. The molecule has 3 N–H and O–H groups in total. The van der Waals surface area contributed by atoms with Gasteiger partial charge in [-0.3, -0.25) is 9.59 Å². The smallest absolute Gasteiger partial charge is 0.303 e. The highest BCUT2D eigenvalue weighted by Gasteiger charge is 2.07. The maximum absolute atomic E-state index is 12.8. The number of rotatable bonds is 8. The van der Waals surface area contributed by atoms with E-state index < -0.39 is 5.97 Å². The van der Waals surface area contributed by atoms with Crippen molar-refractivity contribution in [2.24, 2.45) is 0 Å². The monoisotopic (exact) mass is 376 g/mol. The zero-order valence-electron chi connectivity index (χ0n) is 15.7. The van der Waals surface area contributed by atoms with Crippen LogP contribution in [0.25, 0.3) is 11.1 Å². The fraction of sp³-hybridized carbons (Fsp3) is 0.217. The molecule has 0 aliphatic rings. The van der Waals surface area contributed by atoms with E-state index in [2.05, 4.69) is 0 Å². The Morgan fingerprint density at radius 2 is 1.61 bits per heavy atom. The van der Waals surface area contributed by atoms with E-state index in [0.717, 1.165) is 24.0 Å². The Morgan fingerprint density at radius 3 is 2.29 bits per heavy atom. The van der Waals surface area contributed by atoms with Crippen LogP contribution in [0.3, 0.4) is 0 Å². The number of hydrogen-bond acceptors (Lipinski definition) is 3. The number of pyridine rings is 1. The summed E-state index contributed by atoms with van der Waals surface area (Å²) in [6, 6.07) is 19.1. The van der Waals surface area contributed by atoms with Gasteiger partial charge in [-0.15, -0.1) is 0 Å². The van der Waals surface area contributed by atoms with Gasteiger partial charge < -0.3 is 15.4 Å². The van der Waals surface area contributed by atoms with Crippen molar-refractivity contribution < 1.29 is 9.90 Å². The molecule has 5 heteroatoms. The third kappa shape index (κ3) is 5.10. The molecule has 0 aliphatic heterocycles. The van der Waals surface area contributed by atoms with Crippen molar-refractivity contribution in [2.75, 3.05) is 5.73 Å². The molecule has 0 unspecified atom stereocenters. The number of carbonyl (C=O) groups is 1. The maximum Gasteiger partial charge on any atom is 0.303 e. The number of carboxylic acid groups (broad SMARTS) is 1. The lowest BCUT2D eigenvalue weighted by Crippen LogP contribution is -2.21. The first-order valence-corrected chi connectivity index (χ1v) is 9.38. The minimum atomic E-state index is -0.748. The van der Waals surface area contributed by atoms with Gasteiger partial charge in [0.25, 0.3) is 5.56 Å². The number of unbranched alkanes of at least 4 members (excludes halogenated alkanes) is 1. The summed E-state index contributed by atoms with van der Waals surface area (Å²) in [4.78, 5) is 23.4. The van der Waals surface area contributed by atoms with Gasteiger partial charge in [0.2, 0.25) is 0 Å². The Morgan fingerprint density at radius 1 is 0.929 bits per heavy atom. The fourth-order valence-electron chi connectivity index (χ4n) is 3.16. The SMILES string of the molecule is Nc1ccc(-c2cccn(Cc3ccc(CCCCC(=O)O)cc3)c2=O)cc1. The van der Waals surface area contributed by atoms with Crippen LogP contribution in [-0.2, 0) is 17.8 Å². The molecule has 0 saturated carbocycles. The topological polar surface area (TPSA) is 85.3 Å². The average Bonchev–Trinajstić information content (AvgIpc) is 2.69. The van der Waals surface area contributed by atoms with E-state index in [1.165, 1.54) is 5.56 Å². The zero-order chi connectivity index (χ0) is 19.9. The van der Waals surface area contributed by atoms with Crippen LogP contribution in [-0.4, -0.2) is 15.6 Å². The van der Waals surface area contributed by atoms with Gasteiger partial charge in [0, 0.05) is 23.9 Å². The quantitative estimate of drug-likeness (QED) is 0.460. The lowest BCUT2D eigenvalue weighted by Gasteiger charge is -2.09. The molecule has 3 aromatic rings. The number of nitrogens with zero attached hydrogens (tertiary/aromatic N) is 1. The van der Waals surface area contributed by atoms with Gasteiger partial charge in [-0.1, -0.05) is 36.4 Å². The van der Waals surface area contributed by atoms with Crippen LogP contribution >= 0.6 is 0 Å². The molecule has 0 atom stereocenters. The summed E-state index contributed by atoms with van der Waals surface area (Å²) in [6.07, 6.45) is 4.41. The maximum atomic E-state index is 12.8. The van der Waals surface area contributed by atoms with E-state index in [4.69, 9.17) is 10.8 Å². The largest absolute Gasteiger partial charge is 0.481 e. The van der Waals surface area contributed by atoms with E-state index in [1.54, 1.807) is 22.9 Å². The van der Waals surface area contributed by atoms with Crippen LogP contribution in [0.2, 0.25) is 0 Å². The number of nitrogens with two attached hydrogens (primary N) is 1. The molecule has 28 heavy (non-hydrogen) atoms. The zero-order valence-corrected chi connectivity index (χ0v) is 15.7. The lowest BCUT2D eigenvalue weighted by atomic mass is 10.0. The standard InChI is InChI=1S/C23H24N2O3/c24-20-13-11-19(12-14-20)21-5-3-15-25(23(21)28)16-18-9-7-17(8-10-18)4-1-2-6-22(26)27/h3,5,7-15H,1-2,4,6,16,24H2,(H,26,27). The molecule has 0 radical (unpaired) electrons. The summed E-state index contributed by atoms with van der Waals surface area (Å²) in [5, 5.41) is 8.68. The third-order valence-corrected chi connectivity index (χ3v) is 4.72. The minimum Gasteiger partial charge on any atom is -0.481 e. The molecule has 0 aliphatic carbocycles. The molecule has 144 valence electrons. The van der Waals surface area contributed by atoms with E-state index in [9.17, 15) is 9.59 Å². The minimum absolute atomic E-state index is 0.0370. The lowest BCUT2D eigenvalue weighted by molar-refractivity contribution is -0.137. The van der Waals surface area contributed by atoms with Gasteiger partial charge in [0.15, 0.2) is 0 Å². The summed E-state index contributed by atoms with van der Waals surface area (Å²) < 4.78 is 1.70. The van der Waals surface area contributed by atoms with E-state index >= 15 is 0 Å². The number of aryl methyl sites for hydroxylation is 1. The highest BCUT2D eigenvalue weighted by atomic mass is 16.4. The van der Waals surface area contributed by atoms with E-state index in [0.29, 0.717) is 24.2 Å². The van der Waals surface area contributed by atoms with Gasteiger partial charge in [-0.25, -0.2) is 0 Å². The highest BCUT2D eigenvalue weighted by Crippen LogP contribution is 2.17. The van der Waals surface area contributed by atoms with E-state index in [-0.39, 0.29) is 12.0 Å². The van der Waals surface area contributed by atoms with Crippen molar-refractivity contribution in [2.45, 2.75) is 32.2 Å². The Balaban J connectivity index is 1.68. The van der Waals surface area contributed by atoms with Crippen LogP contribution < -0.4 is 11.3 Å². The van der Waals surface area contributed by atoms with Gasteiger partial charge >= 0.3 is 5.97 Å². The first kappa shape index (κ1) is 19.4. The van der Waals surface area contributed by atoms with Crippen molar-refractivity contribution in [3.05, 3.63) is 88.3 Å². The summed E-state index contributed by atoms with van der Waals surface area (Å²) in [5.41, 5.74) is 10.1. The van der Waals surface area contributed by atoms with Crippen LogP contribution in [0.4, 0.5) is 5.69 Å². The molecule has 1 aromatic heterocycles. The molecule has 3 rings (SSSR count). The number of carboxylic acids is 1. The third-order valence-electron chi connectivity index (χ3n) is 4.72. The predicted molar refractivity (Wildman–Crippen MR) is 111 cm³/mol. The second-order valence-corrected chi connectivity index (χ2v) is 6.89. The second kappa shape index (κ2) is 9.04. The first-order valence-electron chi connectivity index (χ1n) is 9.38. The number of anilines is 1. The molecule has 0 bridgehead atoms. The molecular formula is C23H24N2O3. The Labute approximate surface area is 164 Å². The van der Waals surface area contributed by atoms with Crippen LogP contribution in [0.1, 0.15) is 30.4 Å². The molecule has 0 saturated heterocycles. The summed E-state index contributed by atoms with van der Waals surface area (Å²) in [5.74, 6) is -0.748. The fourth-order valence-corrected chi connectivity index (χ4v) is 3.16. The van der Waals surface area contributed by atoms with Gasteiger partial charge in [0.05, 0.1) is 6.54 Å². The number of nitrogen functional groups attached to an aromatic ring is 1. The van der Waals surface area contributed by atoms with E-state index in [1.807, 2.05) is 48.5 Å². The number of aliphatic carboxylic acids is 1. The molecular weight excluding hydrogens is 352 g/mol. The molecule has 2 aromatic carbocycles. The number of benzene rings is 2. The summed E-state index contributed by atoms with van der Waals surface area (Å²) >= 11 is 0. The normalized spacial score (nSPS) is 10.7. The van der Waals surface area contributed by atoms with Gasteiger partial charge in [-0.2, -0.15) is 0 Å². The Kier molecular flexibility index (Phi) is 6.27. The van der Waals surface area contributed by atoms with Crippen molar-refractivity contribution in [3.63, 3.8) is 0 Å². The molecule has 0 amide bonds. The van der Waals surface area contributed by atoms with Gasteiger partial charge in [-0.05, 0) is 60.2 Å². The first-order chi connectivity index (χ1) is 13.5. The Bertz CT molecular complexity index is 990.